The SMILES string of the molecule is CC(C)C1CNCCN1C(=O)c1ccc(Cl)cc1. The van der Waals surface area contributed by atoms with Crippen LogP contribution < -0.4 is 5.32 Å². The lowest BCUT2D eigenvalue weighted by Crippen LogP contribution is -2.55. The van der Waals surface area contributed by atoms with Gasteiger partial charge in [0.2, 0.25) is 0 Å². The molecule has 18 heavy (non-hydrogen) atoms. The van der Waals surface area contributed by atoms with E-state index in [9.17, 15) is 4.79 Å². The zero-order chi connectivity index (χ0) is 13.1. The van der Waals surface area contributed by atoms with Crippen molar-refractivity contribution >= 4 is 17.5 Å². The summed E-state index contributed by atoms with van der Waals surface area (Å²) in [6, 6.07) is 7.39. The molecule has 1 aliphatic heterocycles. The van der Waals surface area contributed by atoms with E-state index in [0.717, 1.165) is 19.6 Å². The molecule has 2 rings (SSSR count). The van der Waals surface area contributed by atoms with Crippen molar-refractivity contribution < 1.29 is 4.79 Å². The van der Waals surface area contributed by atoms with Crippen LogP contribution in [0.2, 0.25) is 5.02 Å². The van der Waals surface area contributed by atoms with Crippen LogP contribution in [0.5, 0.6) is 0 Å². The molecule has 98 valence electrons. The van der Waals surface area contributed by atoms with Gasteiger partial charge in [0, 0.05) is 36.3 Å². The van der Waals surface area contributed by atoms with E-state index in [-0.39, 0.29) is 11.9 Å². The van der Waals surface area contributed by atoms with Crippen LogP contribution in [0.4, 0.5) is 0 Å². The highest BCUT2D eigenvalue weighted by atomic mass is 35.5. The number of carbonyl (C=O) groups excluding carboxylic acids is 1. The summed E-state index contributed by atoms with van der Waals surface area (Å²) in [5.74, 6) is 0.556. The zero-order valence-corrected chi connectivity index (χ0v) is 11.6. The van der Waals surface area contributed by atoms with E-state index in [0.29, 0.717) is 16.5 Å². The Labute approximate surface area is 113 Å². The molecule has 0 spiro atoms. The van der Waals surface area contributed by atoms with Crippen molar-refractivity contribution in [2.24, 2.45) is 5.92 Å². The van der Waals surface area contributed by atoms with Crippen LogP contribution in [-0.2, 0) is 0 Å². The minimum Gasteiger partial charge on any atom is -0.333 e. The van der Waals surface area contributed by atoms with Gasteiger partial charge in [0.1, 0.15) is 0 Å². The molecular weight excluding hydrogens is 248 g/mol. The number of piperazine rings is 1. The maximum atomic E-state index is 12.5. The number of nitrogens with one attached hydrogen (secondary N) is 1. The van der Waals surface area contributed by atoms with Gasteiger partial charge in [-0.2, -0.15) is 0 Å². The van der Waals surface area contributed by atoms with Gasteiger partial charge in [-0.3, -0.25) is 4.79 Å². The van der Waals surface area contributed by atoms with Crippen molar-refractivity contribution in [1.29, 1.82) is 0 Å². The number of hydrogen-bond acceptors (Lipinski definition) is 2. The Morgan fingerprint density at radius 3 is 2.67 bits per heavy atom. The summed E-state index contributed by atoms with van der Waals surface area (Å²) in [5, 5.41) is 4.01. The van der Waals surface area contributed by atoms with Crippen molar-refractivity contribution in [3.63, 3.8) is 0 Å². The molecule has 4 heteroatoms. The molecule has 1 heterocycles. The van der Waals surface area contributed by atoms with E-state index in [4.69, 9.17) is 11.6 Å². The highest BCUT2D eigenvalue weighted by Crippen LogP contribution is 2.17. The maximum Gasteiger partial charge on any atom is 0.254 e. The monoisotopic (exact) mass is 266 g/mol. The summed E-state index contributed by atoms with van der Waals surface area (Å²) in [6.45, 7) is 6.81. The van der Waals surface area contributed by atoms with E-state index >= 15 is 0 Å². The second-order valence-electron chi connectivity index (χ2n) is 5.02. The summed E-state index contributed by atoms with van der Waals surface area (Å²) in [4.78, 5) is 14.5. The number of rotatable bonds is 2. The fourth-order valence-electron chi connectivity index (χ4n) is 2.33. The zero-order valence-electron chi connectivity index (χ0n) is 10.8. The van der Waals surface area contributed by atoms with Gasteiger partial charge in [-0.15, -0.1) is 0 Å². The van der Waals surface area contributed by atoms with Crippen molar-refractivity contribution in [2.45, 2.75) is 19.9 Å². The summed E-state index contributed by atoms with van der Waals surface area (Å²) >= 11 is 5.85. The van der Waals surface area contributed by atoms with E-state index in [1.807, 2.05) is 4.90 Å². The predicted molar refractivity (Wildman–Crippen MR) is 74.0 cm³/mol. The molecule has 0 aromatic heterocycles. The lowest BCUT2D eigenvalue weighted by molar-refractivity contribution is 0.0573. The number of nitrogens with zero attached hydrogens (tertiary/aromatic N) is 1. The Bertz CT molecular complexity index is 416. The van der Waals surface area contributed by atoms with Gasteiger partial charge >= 0.3 is 0 Å². The average molecular weight is 267 g/mol. The summed E-state index contributed by atoms with van der Waals surface area (Å²) in [5.41, 5.74) is 0.715. The second-order valence-corrected chi connectivity index (χ2v) is 5.46. The molecule has 1 saturated heterocycles. The molecule has 1 aromatic rings. The largest absolute Gasteiger partial charge is 0.333 e. The number of amides is 1. The first-order valence-electron chi connectivity index (χ1n) is 6.37. The maximum absolute atomic E-state index is 12.5. The van der Waals surface area contributed by atoms with Crippen LogP contribution in [0, 0.1) is 5.92 Å². The topological polar surface area (TPSA) is 32.3 Å². The standard InChI is InChI=1S/C14H19ClN2O/c1-10(2)13-9-16-7-8-17(13)14(18)11-3-5-12(15)6-4-11/h3-6,10,13,16H,7-9H2,1-2H3. The molecule has 0 aliphatic carbocycles. The number of hydrogen-bond donors (Lipinski definition) is 1. The van der Waals surface area contributed by atoms with E-state index < -0.39 is 0 Å². The van der Waals surface area contributed by atoms with Crippen LogP contribution in [0.3, 0.4) is 0 Å². The second kappa shape index (κ2) is 5.72. The highest BCUT2D eigenvalue weighted by molar-refractivity contribution is 6.30. The smallest absolute Gasteiger partial charge is 0.254 e. The Hall–Kier alpha value is -1.06. The number of benzene rings is 1. The van der Waals surface area contributed by atoms with Crippen LogP contribution in [0.25, 0.3) is 0 Å². The third kappa shape index (κ3) is 2.85. The third-order valence-electron chi connectivity index (χ3n) is 3.40. The van der Waals surface area contributed by atoms with E-state index in [1.165, 1.54) is 0 Å². The summed E-state index contributed by atoms with van der Waals surface area (Å²) < 4.78 is 0. The predicted octanol–water partition coefficient (Wildman–Crippen LogP) is 2.41. The quantitative estimate of drug-likeness (QED) is 0.892. The first-order valence-corrected chi connectivity index (χ1v) is 6.74. The van der Waals surface area contributed by atoms with Gasteiger partial charge < -0.3 is 10.2 Å². The Balaban J connectivity index is 2.18. The average Bonchev–Trinajstić information content (AvgIpc) is 2.39. The van der Waals surface area contributed by atoms with Crippen LogP contribution >= 0.6 is 11.6 Å². The minimum absolute atomic E-state index is 0.104. The molecule has 0 radical (unpaired) electrons. The van der Waals surface area contributed by atoms with Crippen LogP contribution in [-0.4, -0.2) is 36.5 Å². The van der Waals surface area contributed by atoms with Gasteiger partial charge in [0.05, 0.1) is 0 Å². The van der Waals surface area contributed by atoms with Gasteiger partial charge in [-0.25, -0.2) is 0 Å². The lowest BCUT2D eigenvalue weighted by atomic mass is 9.99. The molecule has 1 amide bonds. The molecule has 1 fully saturated rings. The molecule has 1 aliphatic rings. The summed E-state index contributed by atoms with van der Waals surface area (Å²) in [6.07, 6.45) is 0. The highest BCUT2D eigenvalue weighted by Gasteiger charge is 2.29. The van der Waals surface area contributed by atoms with Crippen molar-refractivity contribution in [1.82, 2.24) is 10.2 Å². The molecule has 0 saturated carbocycles. The molecular formula is C14H19ClN2O. The van der Waals surface area contributed by atoms with Gasteiger partial charge in [0.15, 0.2) is 0 Å². The number of carbonyl (C=O) groups is 1. The van der Waals surface area contributed by atoms with Gasteiger partial charge in [0.25, 0.3) is 5.91 Å². The Kier molecular flexibility index (Phi) is 4.25. The normalized spacial score (nSPS) is 20.2. The van der Waals surface area contributed by atoms with Crippen molar-refractivity contribution in [3.05, 3.63) is 34.9 Å². The minimum atomic E-state index is 0.104. The Morgan fingerprint density at radius 1 is 1.39 bits per heavy atom. The van der Waals surface area contributed by atoms with Crippen LogP contribution in [0.1, 0.15) is 24.2 Å². The fraction of sp³-hybridized carbons (Fsp3) is 0.500. The van der Waals surface area contributed by atoms with Crippen molar-refractivity contribution in [2.75, 3.05) is 19.6 Å². The van der Waals surface area contributed by atoms with Crippen LogP contribution in [0.15, 0.2) is 24.3 Å². The lowest BCUT2D eigenvalue weighted by Gasteiger charge is -2.38. The van der Waals surface area contributed by atoms with Gasteiger partial charge in [-0.05, 0) is 30.2 Å². The molecule has 1 unspecified atom stereocenters. The first kappa shape index (κ1) is 13.4. The van der Waals surface area contributed by atoms with E-state index in [1.54, 1.807) is 24.3 Å². The number of halogens is 1. The van der Waals surface area contributed by atoms with Crippen molar-refractivity contribution in [3.8, 4) is 0 Å². The first-order chi connectivity index (χ1) is 8.59. The third-order valence-corrected chi connectivity index (χ3v) is 3.66. The molecule has 0 bridgehead atoms. The van der Waals surface area contributed by atoms with Gasteiger partial charge in [-0.1, -0.05) is 25.4 Å². The Morgan fingerprint density at radius 2 is 2.06 bits per heavy atom. The molecule has 1 aromatic carbocycles. The molecule has 1 N–H and O–H groups in total. The summed E-state index contributed by atoms with van der Waals surface area (Å²) in [7, 11) is 0. The fourth-order valence-corrected chi connectivity index (χ4v) is 2.46. The molecule has 1 atom stereocenters. The van der Waals surface area contributed by atoms with E-state index in [2.05, 4.69) is 19.2 Å². The molecule has 3 nitrogen and oxygen atoms in total.